The van der Waals surface area contributed by atoms with Gasteiger partial charge in [0.1, 0.15) is 0 Å². The van der Waals surface area contributed by atoms with Crippen molar-refractivity contribution in [3.05, 3.63) is 0 Å². The average molecular weight is 278 g/mol. The monoisotopic (exact) mass is 278 g/mol. The fourth-order valence-electron chi connectivity index (χ4n) is 2.67. The quantitative estimate of drug-likeness (QED) is 0.736. The van der Waals surface area contributed by atoms with Crippen LogP contribution >= 0.6 is 0 Å². The molecule has 1 heterocycles. The lowest BCUT2D eigenvalue weighted by atomic mass is 9.99. The molecule has 0 radical (unpaired) electrons. The lowest BCUT2D eigenvalue weighted by Gasteiger charge is -2.33. The largest absolute Gasteiger partial charge is 0.390 e. The summed E-state index contributed by atoms with van der Waals surface area (Å²) in [6.07, 6.45) is 0.319. The number of aliphatic hydroxyl groups excluding tert-OH is 1. The Hall–Kier alpha value is -0.260. The Labute approximate surface area is 115 Å². The molecule has 1 N–H and O–H groups in total. The maximum atomic E-state index is 12.4. The molecule has 0 amide bonds. The highest BCUT2D eigenvalue weighted by Crippen LogP contribution is 2.16. The van der Waals surface area contributed by atoms with E-state index in [4.69, 9.17) is 0 Å². The van der Waals surface area contributed by atoms with Crippen LogP contribution in [0.1, 0.15) is 33.1 Å². The van der Waals surface area contributed by atoms with Crippen LogP contribution in [-0.4, -0.2) is 66.7 Å². The Morgan fingerprint density at radius 2 is 1.89 bits per heavy atom. The number of likely N-dealkylation sites (tertiary alicyclic amines) is 1. The zero-order chi connectivity index (χ0) is 14.3. The van der Waals surface area contributed by atoms with Gasteiger partial charge in [-0.25, -0.2) is 8.78 Å². The van der Waals surface area contributed by atoms with Crippen molar-refractivity contribution in [1.29, 1.82) is 0 Å². The van der Waals surface area contributed by atoms with E-state index in [0.29, 0.717) is 19.6 Å². The molecule has 1 atom stereocenters. The number of halogens is 2. The molecule has 0 saturated carbocycles. The Kier molecular flexibility index (Phi) is 7.80. The van der Waals surface area contributed by atoms with Gasteiger partial charge in [0.2, 0.25) is 0 Å². The summed E-state index contributed by atoms with van der Waals surface area (Å²) < 4.78 is 24.9. The summed E-state index contributed by atoms with van der Waals surface area (Å²) in [5.74, 6) is 0.767. The summed E-state index contributed by atoms with van der Waals surface area (Å²) in [6.45, 7) is 7.60. The third kappa shape index (κ3) is 7.18. The highest BCUT2D eigenvalue weighted by molar-refractivity contribution is 4.74. The van der Waals surface area contributed by atoms with E-state index in [1.807, 2.05) is 6.92 Å². The molecular formula is C14H28F2N2O. The summed E-state index contributed by atoms with van der Waals surface area (Å²) in [7, 11) is 0. The molecule has 3 nitrogen and oxygen atoms in total. The van der Waals surface area contributed by atoms with Crippen LogP contribution in [0.3, 0.4) is 0 Å². The first-order chi connectivity index (χ1) is 9.01. The minimum absolute atomic E-state index is 0.234. The predicted molar refractivity (Wildman–Crippen MR) is 73.6 cm³/mol. The minimum atomic E-state index is -2.32. The molecule has 1 saturated heterocycles. The number of hydrogen-bond donors (Lipinski definition) is 1. The van der Waals surface area contributed by atoms with Gasteiger partial charge in [0.05, 0.1) is 12.6 Å². The summed E-state index contributed by atoms with van der Waals surface area (Å²) in [5.41, 5.74) is 0. The molecular weight excluding hydrogens is 250 g/mol. The van der Waals surface area contributed by atoms with E-state index < -0.39 is 12.5 Å². The van der Waals surface area contributed by atoms with Crippen LogP contribution in [0, 0.1) is 5.92 Å². The number of piperidine rings is 1. The number of nitrogens with zero attached hydrogens (tertiary/aromatic N) is 2. The lowest BCUT2D eigenvalue weighted by Crippen LogP contribution is -2.44. The first-order valence-corrected chi connectivity index (χ1v) is 7.42. The number of β-amino-alcohol motifs (C(OH)–C–C–N with tert-alkyl or cyclic N) is 1. The molecule has 1 rings (SSSR count). The molecule has 0 spiro atoms. The van der Waals surface area contributed by atoms with Gasteiger partial charge in [0.25, 0.3) is 6.43 Å². The van der Waals surface area contributed by atoms with Crippen LogP contribution in [0.15, 0.2) is 0 Å². The molecule has 0 aromatic carbocycles. The molecule has 0 bridgehead atoms. The van der Waals surface area contributed by atoms with E-state index in [1.54, 1.807) is 4.90 Å². The van der Waals surface area contributed by atoms with E-state index >= 15 is 0 Å². The first-order valence-electron chi connectivity index (χ1n) is 7.42. The Balaban J connectivity index is 2.28. The van der Waals surface area contributed by atoms with E-state index in [9.17, 15) is 13.9 Å². The summed E-state index contributed by atoms with van der Waals surface area (Å²) in [5, 5.41) is 10.0. The molecule has 19 heavy (non-hydrogen) atoms. The zero-order valence-electron chi connectivity index (χ0n) is 12.2. The second-order valence-electron chi connectivity index (χ2n) is 5.79. The second-order valence-corrected chi connectivity index (χ2v) is 5.79. The third-order valence-corrected chi connectivity index (χ3v) is 3.75. The van der Waals surface area contributed by atoms with Gasteiger partial charge in [-0.1, -0.05) is 13.8 Å². The van der Waals surface area contributed by atoms with Crippen molar-refractivity contribution in [1.82, 2.24) is 9.80 Å². The molecule has 0 aliphatic carbocycles. The van der Waals surface area contributed by atoms with Crippen molar-refractivity contribution in [3.8, 4) is 0 Å². The van der Waals surface area contributed by atoms with E-state index in [1.165, 1.54) is 12.8 Å². The molecule has 5 heteroatoms. The van der Waals surface area contributed by atoms with Gasteiger partial charge in [-0.2, -0.15) is 0 Å². The number of hydrogen-bond acceptors (Lipinski definition) is 3. The Morgan fingerprint density at radius 1 is 1.26 bits per heavy atom. The van der Waals surface area contributed by atoms with Crippen LogP contribution in [0.5, 0.6) is 0 Å². The van der Waals surface area contributed by atoms with Crippen LogP contribution in [-0.2, 0) is 0 Å². The van der Waals surface area contributed by atoms with Gasteiger partial charge in [-0.15, -0.1) is 0 Å². The normalized spacial score (nSPS) is 20.4. The SMILES string of the molecule is CCCN(CC(F)F)CC(O)CN1CCC(C)CC1. The van der Waals surface area contributed by atoms with Crippen molar-refractivity contribution in [2.75, 3.05) is 39.3 Å². The fourth-order valence-corrected chi connectivity index (χ4v) is 2.67. The highest BCUT2D eigenvalue weighted by Gasteiger charge is 2.20. The van der Waals surface area contributed by atoms with Crippen LogP contribution < -0.4 is 0 Å². The average Bonchev–Trinajstić information content (AvgIpc) is 2.31. The smallest absolute Gasteiger partial charge is 0.251 e. The third-order valence-electron chi connectivity index (χ3n) is 3.75. The van der Waals surface area contributed by atoms with Crippen molar-refractivity contribution < 1.29 is 13.9 Å². The number of aliphatic hydroxyl groups is 1. The van der Waals surface area contributed by atoms with Gasteiger partial charge in [0, 0.05) is 13.1 Å². The van der Waals surface area contributed by atoms with Gasteiger partial charge in [-0.05, 0) is 44.8 Å². The van der Waals surface area contributed by atoms with Crippen molar-refractivity contribution in [2.45, 2.75) is 45.6 Å². The molecule has 1 unspecified atom stereocenters. The van der Waals surface area contributed by atoms with Crippen molar-refractivity contribution >= 4 is 0 Å². The van der Waals surface area contributed by atoms with E-state index in [-0.39, 0.29) is 6.54 Å². The summed E-state index contributed by atoms with van der Waals surface area (Å²) >= 11 is 0. The summed E-state index contributed by atoms with van der Waals surface area (Å²) in [4.78, 5) is 3.92. The van der Waals surface area contributed by atoms with Gasteiger partial charge in [-0.3, -0.25) is 4.90 Å². The number of alkyl halides is 2. The van der Waals surface area contributed by atoms with E-state index in [0.717, 1.165) is 25.4 Å². The number of rotatable bonds is 8. The van der Waals surface area contributed by atoms with Crippen LogP contribution in [0.25, 0.3) is 0 Å². The molecule has 1 aliphatic rings. The van der Waals surface area contributed by atoms with Gasteiger partial charge in [0.15, 0.2) is 0 Å². The fraction of sp³-hybridized carbons (Fsp3) is 1.00. The van der Waals surface area contributed by atoms with Crippen LogP contribution in [0.2, 0.25) is 0 Å². The van der Waals surface area contributed by atoms with E-state index in [2.05, 4.69) is 11.8 Å². The van der Waals surface area contributed by atoms with Crippen molar-refractivity contribution in [2.24, 2.45) is 5.92 Å². The summed E-state index contributed by atoms with van der Waals surface area (Å²) in [6, 6.07) is 0. The second kappa shape index (κ2) is 8.82. The maximum Gasteiger partial charge on any atom is 0.251 e. The molecule has 1 fully saturated rings. The zero-order valence-corrected chi connectivity index (χ0v) is 12.2. The van der Waals surface area contributed by atoms with Gasteiger partial charge >= 0.3 is 0 Å². The van der Waals surface area contributed by atoms with Crippen molar-refractivity contribution in [3.63, 3.8) is 0 Å². The molecule has 0 aromatic rings. The minimum Gasteiger partial charge on any atom is -0.390 e. The topological polar surface area (TPSA) is 26.7 Å². The Morgan fingerprint density at radius 3 is 2.42 bits per heavy atom. The lowest BCUT2D eigenvalue weighted by molar-refractivity contribution is 0.0344. The predicted octanol–water partition coefficient (Wildman–Crippen LogP) is 2.06. The first kappa shape index (κ1) is 16.8. The standard InChI is InChI=1S/C14H28F2N2O/c1-3-6-18(11-14(15)16)10-13(19)9-17-7-4-12(2)5-8-17/h12-14,19H,3-11H2,1-2H3. The molecule has 1 aliphatic heterocycles. The molecule has 0 aromatic heterocycles. The highest BCUT2D eigenvalue weighted by atomic mass is 19.3. The maximum absolute atomic E-state index is 12.4. The van der Waals surface area contributed by atoms with Gasteiger partial charge < -0.3 is 10.0 Å². The molecule has 114 valence electrons. The van der Waals surface area contributed by atoms with Crippen LogP contribution in [0.4, 0.5) is 8.78 Å². The Bertz CT molecular complexity index is 233.